The second-order valence-corrected chi connectivity index (χ2v) is 10.6. The van der Waals surface area contributed by atoms with Gasteiger partial charge in [0.05, 0.1) is 6.42 Å². The van der Waals surface area contributed by atoms with Gasteiger partial charge in [0.25, 0.3) is 0 Å². The van der Waals surface area contributed by atoms with Gasteiger partial charge in [0.2, 0.25) is 29.5 Å². The maximum Gasteiger partial charge on any atom is 0.246 e. The molecule has 3 aliphatic rings. The molecule has 5 amide bonds. The van der Waals surface area contributed by atoms with Crippen molar-refractivity contribution in [2.45, 2.75) is 76.5 Å². The number of hydrogen-bond donors (Lipinski definition) is 3. The Bertz CT molecular complexity index is 797. The molecule has 3 N–H and O–H groups in total. The molecule has 0 saturated carbocycles. The standard InChI is InChI=1S/C23H37N5O5S/c1-14(2)19-22(32)25-15(20(30)24-9-6-12-34-3)13-18(29)27-10-5-8-17(27)23(33)28-11-4-7-16(28)21(31)26-19/h14-17,19H,4-13H2,1-3H3,(H,24,30)(H,25,32)(H,26,31)/t15-,16-,17+,19-/m0/s1. The van der Waals surface area contributed by atoms with Crippen LogP contribution in [-0.2, 0) is 24.0 Å². The molecule has 3 heterocycles. The van der Waals surface area contributed by atoms with Gasteiger partial charge in [-0.2, -0.15) is 11.8 Å². The lowest BCUT2D eigenvalue weighted by molar-refractivity contribution is -0.147. The maximum absolute atomic E-state index is 13.4. The molecule has 4 atom stereocenters. The Balaban J connectivity index is 1.88. The summed E-state index contributed by atoms with van der Waals surface area (Å²) in [4.78, 5) is 69.0. The van der Waals surface area contributed by atoms with E-state index in [9.17, 15) is 24.0 Å². The van der Waals surface area contributed by atoms with Gasteiger partial charge < -0.3 is 25.8 Å². The van der Waals surface area contributed by atoms with Gasteiger partial charge in [0.15, 0.2) is 0 Å². The van der Waals surface area contributed by atoms with Crippen molar-refractivity contribution in [2.24, 2.45) is 5.92 Å². The van der Waals surface area contributed by atoms with Crippen LogP contribution in [0.2, 0.25) is 0 Å². The van der Waals surface area contributed by atoms with Crippen molar-refractivity contribution < 1.29 is 24.0 Å². The van der Waals surface area contributed by atoms with Crippen LogP contribution in [0.15, 0.2) is 0 Å². The third-order valence-electron chi connectivity index (χ3n) is 6.78. The smallest absolute Gasteiger partial charge is 0.246 e. The van der Waals surface area contributed by atoms with E-state index in [0.717, 1.165) is 12.2 Å². The minimum atomic E-state index is -1.08. The van der Waals surface area contributed by atoms with Crippen LogP contribution in [-0.4, -0.2) is 95.1 Å². The van der Waals surface area contributed by atoms with Crippen molar-refractivity contribution >= 4 is 41.3 Å². The second-order valence-electron chi connectivity index (χ2n) is 9.57. The average Bonchev–Trinajstić information content (AvgIpc) is 3.48. The molecule has 0 bridgehead atoms. The zero-order valence-corrected chi connectivity index (χ0v) is 21.1. The van der Waals surface area contributed by atoms with E-state index in [-0.39, 0.29) is 30.1 Å². The van der Waals surface area contributed by atoms with E-state index in [1.165, 1.54) is 4.90 Å². The predicted molar refractivity (Wildman–Crippen MR) is 129 cm³/mol. The Morgan fingerprint density at radius 1 is 1.03 bits per heavy atom. The van der Waals surface area contributed by atoms with Gasteiger partial charge in [0, 0.05) is 19.6 Å². The van der Waals surface area contributed by atoms with Crippen LogP contribution in [0.1, 0.15) is 52.4 Å². The van der Waals surface area contributed by atoms with Gasteiger partial charge in [0.1, 0.15) is 24.2 Å². The molecular formula is C23H37N5O5S. The van der Waals surface area contributed by atoms with Crippen LogP contribution in [0.3, 0.4) is 0 Å². The highest BCUT2D eigenvalue weighted by Crippen LogP contribution is 2.26. The minimum Gasteiger partial charge on any atom is -0.354 e. The number of carbonyl (C=O) groups excluding carboxylic acids is 5. The van der Waals surface area contributed by atoms with Crippen LogP contribution >= 0.6 is 11.8 Å². The fourth-order valence-corrected chi connectivity index (χ4v) is 5.35. The van der Waals surface area contributed by atoms with Crippen molar-refractivity contribution in [3.8, 4) is 0 Å². The average molecular weight is 496 g/mol. The molecule has 3 saturated heterocycles. The molecule has 0 aliphatic carbocycles. The van der Waals surface area contributed by atoms with Crippen LogP contribution in [0.4, 0.5) is 0 Å². The minimum absolute atomic E-state index is 0.221. The quantitative estimate of drug-likeness (QED) is 0.441. The highest BCUT2D eigenvalue weighted by molar-refractivity contribution is 7.98. The zero-order valence-electron chi connectivity index (χ0n) is 20.3. The summed E-state index contributed by atoms with van der Waals surface area (Å²) >= 11 is 1.67. The molecule has 190 valence electrons. The summed E-state index contributed by atoms with van der Waals surface area (Å²) in [6.07, 6.45) is 4.95. The van der Waals surface area contributed by atoms with E-state index in [2.05, 4.69) is 16.0 Å². The zero-order chi connectivity index (χ0) is 24.8. The molecule has 34 heavy (non-hydrogen) atoms. The lowest BCUT2D eigenvalue weighted by Gasteiger charge is -2.31. The van der Waals surface area contributed by atoms with Crippen molar-refractivity contribution in [3.63, 3.8) is 0 Å². The van der Waals surface area contributed by atoms with Gasteiger partial charge in [-0.1, -0.05) is 13.8 Å². The normalized spacial score (nSPS) is 28.5. The molecule has 3 fully saturated rings. The van der Waals surface area contributed by atoms with E-state index in [4.69, 9.17) is 0 Å². The number of fused-ring (bicyclic) bond motifs is 2. The summed E-state index contributed by atoms with van der Waals surface area (Å²) in [5.41, 5.74) is 0. The highest BCUT2D eigenvalue weighted by atomic mass is 32.2. The second kappa shape index (κ2) is 11.9. The van der Waals surface area contributed by atoms with Crippen molar-refractivity contribution in [3.05, 3.63) is 0 Å². The fourth-order valence-electron chi connectivity index (χ4n) is 4.91. The number of nitrogens with one attached hydrogen (secondary N) is 3. The fraction of sp³-hybridized carbons (Fsp3) is 0.783. The van der Waals surface area contributed by atoms with Gasteiger partial charge >= 0.3 is 0 Å². The molecule has 10 nitrogen and oxygen atoms in total. The summed E-state index contributed by atoms with van der Waals surface area (Å²) in [5, 5.41) is 8.33. The van der Waals surface area contributed by atoms with E-state index in [1.807, 2.05) is 6.26 Å². The number of hydrogen-bond acceptors (Lipinski definition) is 6. The molecule has 11 heteroatoms. The summed E-state index contributed by atoms with van der Waals surface area (Å²) in [7, 11) is 0. The summed E-state index contributed by atoms with van der Waals surface area (Å²) in [5.74, 6) is -1.23. The Labute approximate surface area is 205 Å². The SMILES string of the molecule is CSCCCNC(=O)[C@@H]1CC(=O)N2CCC[C@@H]2C(=O)N2CCC[C@H]2C(=O)N[C@@H](C(C)C)C(=O)N1. The topological polar surface area (TPSA) is 128 Å². The van der Waals surface area contributed by atoms with Gasteiger partial charge in [-0.3, -0.25) is 24.0 Å². The predicted octanol–water partition coefficient (Wildman–Crippen LogP) is -0.133. The molecule has 0 aromatic heterocycles. The van der Waals surface area contributed by atoms with Crippen molar-refractivity contribution in [1.82, 2.24) is 25.8 Å². The molecule has 0 spiro atoms. The molecule has 3 aliphatic heterocycles. The van der Waals surface area contributed by atoms with Crippen LogP contribution in [0, 0.1) is 5.92 Å². The third kappa shape index (κ3) is 6.03. The number of thioether (sulfide) groups is 1. The first-order valence-electron chi connectivity index (χ1n) is 12.2. The lowest BCUT2D eigenvalue weighted by atomic mass is 10.0. The van der Waals surface area contributed by atoms with E-state index >= 15 is 0 Å². The summed E-state index contributed by atoms with van der Waals surface area (Å²) in [6.45, 7) is 4.92. The largest absolute Gasteiger partial charge is 0.354 e. The first kappa shape index (κ1) is 26.3. The monoisotopic (exact) mass is 495 g/mol. The van der Waals surface area contributed by atoms with Crippen LogP contribution in [0.25, 0.3) is 0 Å². The molecular weight excluding hydrogens is 458 g/mol. The number of nitrogens with zero attached hydrogens (tertiary/aromatic N) is 2. The van der Waals surface area contributed by atoms with Crippen LogP contribution < -0.4 is 16.0 Å². The molecule has 0 aromatic carbocycles. The van der Waals surface area contributed by atoms with Crippen molar-refractivity contribution in [2.75, 3.05) is 31.6 Å². The van der Waals surface area contributed by atoms with E-state index < -0.39 is 36.0 Å². The number of carbonyl (C=O) groups is 5. The number of rotatable bonds is 6. The Kier molecular flexibility index (Phi) is 9.21. The summed E-state index contributed by atoms with van der Waals surface area (Å²) < 4.78 is 0. The van der Waals surface area contributed by atoms with Gasteiger partial charge in [-0.05, 0) is 50.0 Å². The summed E-state index contributed by atoms with van der Waals surface area (Å²) in [6, 6.07) is -3.25. The van der Waals surface area contributed by atoms with Crippen LogP contribution in [0.5, 0.6) is 0 Å². The molecule has 0 aromatic rings. The number of amides is 5. The maximum atomic E-state index is 13.4. The Hall–Kier alpha value is -2.30. The van der Waals surface area contributed by atoms with E-state index in [1.54, 1.807) is 30.5 Å². The lowest BCUT2D eigenvalue weighted by Crippen LogP contribution is -2.58. The van der Waals surface area contributed by atoms with Gasteiger partial charge in [-0.15, -0.1) is 0 Å². The third-order valence-corrected chi connectivity index (χ3v) is 7.48. The highest BCUT2D eigenvalue weighted by Gasteiger charge is 2.44. The van der Waals surface area contributed by atoms with E-state index in [0.29, 0.717) is 45.3 Å². The van der Waals surface area contributed by atoms with Crippen molar-refractivity contribution in [1.29, 1.82) is 0 Å². The Morgan fingerprint density at radius 3 is 2.38 bits per heavy atom. The Morgan fingerprint density at radius 2 is 1.71 bits per heavy atom. The molecule has 3 rings (SSSR count). The molecule has 0 radical (unpaired) electrons. The first-order chi connectivity index (χ1) is 16.2. The van der Waals surface area contributed by atoms with Gasteiger partial charge in [-0.25, -0.2) is 0 Å². The first-order valence-corrected chi connectivity index (χ1v) is 13.6. The molecule has 0 unspecified atom stereocenters.